The Balaban J connectivity index is 2.84. The van der Waals surface area contributed by atoms with E-state index >= 15 is 0 Å². The molecule has 1 aromatic heterocycles. The molecule has 0 saturated heterocycles. The molecule has 0 fully saturated rings. The third-order valence-corrected chi connectivity index (χ3v) is 1.31. The minimum Gasteiger partial charge on any atom is -0.276 e. The van der Waals surface area contributed by atoms with Gasteiger partial charge in [0.15, 0.2) is 0 Å². The summed E-state index contributed by atoms with van der Waals surface area (Å²) in [6.07, 6.45) is 3.76. The van der Waals surface area contributed by atoms with Crippen LogP contribution in [0.3, 0.4) is 0 Å². The first kappa shape index (κ1) is 5.69. The molecule has 8 heavy (non-hydrogen) atoms. The number of thiol groups is 1. The van der Waals surface area contributed by atoms with Crippen LogP contribution in [0.4, 0.5) is 0 Å². The van der Waals surface area contributed by atoms with Gasteiger partial charge in [0.1, 0.15) is 0 Å². The van der Waals surface area contributed by atoms with E-state index in [0.29, 0.717) is 0 Å². The Morgan fingerprint density at radius 2 is 2.62 bits per heavy atom. The molecule has 0 atom stereocenters. The van der Waals surface area contributed by atoms with E-state index in [2.05, 4.69) is 17.7 Å². The van der Waals surface area contributed by atoms with Crippen molar-refractivity contribution >= 4 is 12.6 Å². The molecule has 1 aromatic rings. The summed E-state index contributed by atoms with van der Waals surface area (Å²) in [4.78, 5) is 0. The van der Waals surface area contributed by atoms with Crippen molar-refractivity contribution < 1.29 is 0 Å². The van der Waals surface area contributed by atoms with Crippen LogP contribution < -0.4 is 0 Å². The van der Waals surface area contributed by atoms with Crippen molar-refractivity contribution in [3.8, 4) is 0 Å². The lowest BCUT2D eigenvalue weighted by Gasteiger charge is -1.81. The molecule has 0 N–H and O–H groups in total. The zero-order valence-electron chi connectivity index (χ0n) is 4.70. The summed E-state index contributed by atoms with van der Waals surface area (Å²) in [6, 6.07) is 0. The van der Waals surface area contributed by atoms with E-state index in [1.54, 1.807) is 4.68 Å². The average Bonchev–Trinajstić information content (AvgIpc) is 2.14. The van der Waals surface area contributed by atoms with Gasteiger partial charge in [-0.3, -0.25) is 4.68 Å². The minimum absolute atomic E-state index is 0.772. The molecule has 0 aliphatic heterocycles. The Morgan fingerprint density at radius 1 is 1.88 bits per heavy atom. The lowest BCUT2D eigenvalue weighted by molar-refractivity contribution is 0.767. The van der Waals surface area contributed by atoms with Gasteiger partial charge in [0, 0.05) is 19.0 Å². The largest absolute Gasteiger partial charge is 0.276 e. The van der Waals surface area contributed by atoms with E-state index in [1.165, 1.54) is 0 Å². The highest BCUT2D eigenvalue weighted by Crippen LogP contribution is 1.98. The quantitative estimate of drug-likeness (QED) is 0.555. The molecular formula is C5H8N2S. The highest BCUT2D eigenvalue weighted by molar-refractivity contribution is 7.79. The Morgan fingerprint density at radius 3 is 2.88 bits per heavy atom. The smallest absolute Gasteiger partial charge is 0.0529 e. The van der Waals surface area contributed by atoms with Gasteiger partial charge in [0.2, 0.25) is 0 Å². The molecule has 0 unspecified atom stereocenters. The molecule has 0 spiro atoms. The summed E-state index contributed by atoms with van der Waals surface area (Å²) < 4.78 is 1.77. The van der Waals surface area contributed by atoms with E-state index < -0.39 is 0 Å². The second kappa shape index (κ2) is 2.22. The zero-order chi connectivity index (χ0) is 5.98. The van der Waals surface area contributed by atoms with Gasteiger partial charge in [-0.1, -0.05) is 0 Å². The van der Waals surface area contributed by atoms with Gasteiger partial charge < -0.3 is 0 Å². The normalized spacial score (nSPS) is 9.75. The first-order chi connectivity index (χ1) is 3.83. The van der Waals surface area contributed by atoms with Gasteiger partial charge in [0.05, 0.1) is 6.20 Å². The van der Waals surface area contributed by atoms with E-state index in [9.17, 15) is 0 Å². The predicted octanol–water partition coefficient (Wildman–Crippen LogP) is 0.850. The molecule has 0 aliphatic carbocycles. The second-order valence-electron chi connectivity index (χ2n) is 1.68. The molecular weight excluding hydrogens is 120 g/mol. The number of nitrogens with zero attached hydrogens (tertiary/aromatic N) is 2. The van der Waals surface area contributed by atoms with Crippen LogP contribution in [-0.4, -0.2) is 9.78 Å². The summed E-state index contributed by atoms with van der Waals surface area (Å²) >= 11 is 4.07. The number of aryl methyl sites for hydroxylation is 1. The van der Waals surface area contributed by atoms with Gasteiger partial charge in [-0.05, 0) is 5.56 Å². The highest BCUT2D eigenvalue weighted by Gasteiger charge is 1.88. The van der Waals surface area contributed by atoms with Crippen LogP contribution in [0.15, 0.2) is 12.4 Å². The third kappa shape index (κ3) is 1.04. The first-order valence-electron chi connectivity index (χ1n) is 2.41. The number of rotatable bonds is 1. The van der Waals surface area contributed by atoms with Crippen molar-refractivity contribution in [3.63, 3.8) is 0 Å². The van der Waals surface area contributed by atoms with Crippen molar-refractivity contribution in [2.45, 2.75) is 5.75 Å². The van der Waals surface area contributed by atoms with E-state index in [4.69, 9.17) is 0 Å². The van der Waals surface area contributed by atoms with Crippen LogP contribution in [0.25, 0.3) is 0 Å². The summed E-state index contributed by atoms with van der Waals surface area (Å²) in [5.74, 6) is 0.772. The Hall–Kier alpha value is -0.440. The van der Waals surface area contributed by atoms with E-state index in [-0.39, 0.29) is 0 Å². The standard InChI is InChI=1S/C5H8N2S/c1-7-3-5(4-8)2-6-7/h2-3,8H,4H2,1H3. The van der Waals surface area contributed by atoms with Gasteiger partial charge >= 0.3 is 0 Å². The van der Waals surface area contributed by atoms with E-state index in [1.807, 2.05) is 19.4 Å². The molecule has 1 rings (SSSR count). The van der Waals surface area contributed by atoms with Crippen molar-refractivity contribution in [2.24, 2.45) is 7.05 Å². The Labute approximate surface area is 53.9 Å². The lowest BCUT2D eigenvalue weighted by atomic mass is 10.4. The number of aromatic nitrogens is 2. The highest BCUT2D eigenvalue weighted by atomic mass is 32.1. The molecule has 3 heteroatoms. The molecule has 0 aromatic carbocycles. The third-order valence-electron chi connectivity index (χ3n) is 0.941. The van der Waals surface area contributed by atoms with Crippen LogP contribution in [0.5, 0.6) is 0 Å². The number of hydrogen-bond acceptors (Lipinski definition) is 2. The molecule has 44 valence electrons. The lowest BCUT2D eigenvalue weighted by Crippen LogP contribution is -1.84. The predicted molar refractivity (Wildman–Crippen MR) is 35.9 cm³/mol. The fourth-order valence-corrected chi connectivity index (χ4v) is 0.717. The first-order valence-corrected chi connectivity index (χ1v) is 3.04. The second-order valence-corrected chi connectivity index (χ2v) is 2.00. The monoisotopic (exact) mass is 128 g/mol. The van der Waals surface area contributed by atoms with Crippen molar-refractivity contribution in [3.05, 3.63) is 18.0 Å². The van der Waals surface area contributed by atoms with Crippen LogP contribution in [0.2, 0.25) is 0 Å². The van der Waals surface area contributed by atoms with Gasteiger partial charge in [-0.2, -0.15) is 17.7 Å². The van der Waals surface area contributed by atoms with Crippen LogP contribution >= 0.6 is 12.6 Å². The summed E-state index contributed by atoms with van der Waals surface area (Å²) in [6.45, 7) is 0. The maximum absolute atomic E-state index is 4.07. The molecule has 0 saturated carbocycles. The van der Waals surface area contributed by atoms with Crippen LogP contribution in [0, 0.1) is 0 Å². The summed E-state index contributed by atoms with van der Waals surface area (Å²) in [5, 5.41) is 3.96. The number of hydrogen-bond donors (Lipinski definition) is 1. The molecule has 0 amide bonds. The van der Waals surface area contributed by atoms with Crippen molar-refractivity contribution in [1.29, 1.82) is 0 Å². The van der Waals surface area contributed by atoms with Crippen molar-refractivity contribution in [2.75, 3.05) is 0 Å². The topological polar surface area (TPSA) is 17.8 Å². The fourth-order valence-electron chi connectivity index (χ4n) is 0.554. The molecule has 0 radical (unpaired) electrons. The maximum atomic E-state index is 4.07. The minimum atomic E-state index is 0.772. The zero-order valence-corrected chi connectivity index (χ0v) is 5.60. The Kier molecular flexibility index (Phi) is 1.58. The maximum Gasteiger partial charge on any atom is 0.0529 e. The SMILES string of the molecule is Cn1cc(CS)cn1. The summed E-state index contributed by atoms with van der Waals surface area (Å²) in [7, 11) is 1.90. The molecule has 2 nitrogen and oxygen atoms in total. The fraction of sp³-hybridized carbons (Fsp3) is 0.400. The van der Waals surface area contributed by atoms with Gasteiger partial charge in [-0.25, -0.2) is 0 Å². The van der Waals surface area contributed by atoms with Gasteiger partial charge in [0.25, 0.3) is 0 Å². The van der Waals surface area contributed by atoms with Crippen LogP contribution in [-0.2, 0) is 12.8 Å². The molecule has 0 bridgehead atoms. The van der Waals surface area contributed by atoms with E-state index in [0.717, 1.165) is 11.3 Å². The molecule has 1 heterocycles. The summed E-state index contributed by atoms with van der Waals surface area (Å²) in [5.41, 5.74) is 1.16. The Bertz CT molecular complexity index is 171. The van der Waals surface area contributed by atoms with Crippen LogP contribution in [0.1, 0.15) is 5.56 Å². The van der Waals surface area contributed by atoms with Crippen molar-refractivity contribution in [1.82, 2.24) is 9.78 Å². The average molecular weight is 128 g/mol. The molecule has 0 aliphatic rings. The van der Waals surface area contributed by atoms with Gasteiger partial charge in [-0.15, -0.1) is 0 Å².